The number of methoxy groups -OCH3 is 1. The van der Waals surface area contributed by atoms with Crippen LogP contribution in [0.25, 0.3) is 11.1 Å². The molecule has 3 rings (SSSR count). The summed E-state index contributed by atoms with van der Waals surface area (Å²) in [6, 6.07) is 16.7. The fourth-order valence-electron chi connectivity index (χ4n) is 2.55. The molecular weight excluding hydrogens is 370 g/mol. The van der Waals surface area contributed by atoms with Gasteiger partial charge in [-0.3, -0.25) is 4.79 Å². The van der Waals surface area contributed by atoms with Crippen LogP contribution in [-0.4, -0.2) is 23.4 Å². The van der Waals surface area contributed by atoms with Crippen LogP contribution in [0.5, 0.6) is 11.6 Å². The highest BCUT2D eigenvalue weighted by molar-refractivity contribution is 9.09. The molecule has 3 aromatic rings. The molecule has 0 aliphatic rings. The standard InChI is InChI=1S/C19H16BrNO3/c1-23-19-17(18(22)14-5-3-2-4-6-14)16(11-21-19)13-7-9-15(10-8-13)24-12-20/h2-11,21H,12H2,1H3. The first-order valence-electron chi connectivity index (χ1n) is 7.39. The molecule has 0 amide bonds. The van der Waals surface area contributed by atoms with Gasteiger partial charge in [-0.1, -0.05) is 42.5 Å². The van der Waals surface area contributed by atoms with Crippen LogP contribution >= 0.6 is 15.9 Å². The monoisotopic (exact) mass is 385 g/mol. The van der Waals surface area contributed by atoms with Crippen molar-refractivity contribution < 1.29 is 14.3 Å². The summed E-state index contributed by atoms with van der Waals surface area (Å²) >= 11 is 3.23. The van der Waals surface area contributed by atoms with Crippen molar-refractivity contribution in [2.75, 3.05) is 12.6 Å². The third-order valence-electron chi connectivity index (χ3n) is 3.70. The minimum absolute atomic E-state index is 0.0792. The van der Waals surface area contributed by atoms with E-state index in [0.29, 0.717) is 22.5 Å². The zero-order chi connectivity index (χ0) is 16.9. The van der Waals surface area contributed by atoms with E-state index in [9.17, 15) is 4.79 Å². The van der Waals surface area contributed by atoms with E-state index in [1.54, 1.807) is 25.4 Å². The quantitative estimate of drug-likeness (QED) is 0.496. The normalized spacial score (nSPS) is 10.4. The van der Waals surface area contributed by atoms with Crippen LogP contribution in [0.1, 0.15) is 15.9 Å². The molecule has 1 aromatic heterocycles. The zero-order valence-electron chi connectivity index (χ0n) is 13.1. The molecule has 0 saturated carbocycles. The number of carbonyl (C=O) groups is 1. The second-order valence-corrected chi connectivity index (χ2v) is 5.54. The van der Waals surface area contributed by atoms with Crippen molar-refractivity contribution in [3.05, 3.63) is 71.9 Å². The molecule has 0 unspecified atom stereocenters. The largest absolute Gasteiger partial charge is 0.482 e. The Morgan fingerprint density at radius 1 is 1.08 bits per heavy atom. The van der Waals surface area contributed by atoms with Gasteiger partial charge in [0, 0.05) is 17.3 Å². The molecule has 0 aliphatic carbocycles. The number of aromatic nitrogens is 1. The van der Waals surface area contributed by atoms with Crippen LogP contribution in [0.15, 0.2) is 60.8 Å². The molecule has 0 radical (unpaired) electrons. The third kappa shape index (κ3) is 3.21. The molecule has 1 heterocycles. The molecule has 0 bridgehead atoms. The maximum Gasteiger partial charge on any atom is 0.202 e. The third-order valence-corrected chi connectivity index (χ3v) is 3.93. The molecular formula is C19H16BrNO3. The Morgan fingerprint density at radius 2 is 1.79 bits per heavy atom. The molecule has 2 aromatic carbocycles. The van der Waals surface area contributed by atoms with Crippen LogP contribution < -0.4 is 9.47 Å². The smallest absolute Gasteiger partial charge is 0.202 e. The van der Waals surface area contributed by atoms with Crippen molar-refractivity contribution in [2.24, 2.45) is 0 Å². The Bertz CT molecular complexity index is 826. The van der Waals surface area contributed by atoms with Crippen molar-refractivity contribution in [3.8, 4) is 22.8 Å². The predicted octanol–water partition coefficient (Wildman–Crippen LogP) is 4.65. The van der Waals surface area contributed by atoms with Gasteiger partial charge in [0.25, 0.3) is 0 Å². The lowest BCUT2D eigenvalue weighted by Crippen LogP contribution is -2.03. The highest BCUT2D eigenvalue weighted by atomic mass is 79.9. The van der Waals surface area contributed by atoms with Crippen LogP contribution in [0, 0.1) is 0 Å². The highest BCUT2D eigenvalue weighted by Crippen LogP contribution is 2.33. The van der Waals surface area contributed by atoms with E-state index in [-0.39, 0.29) is 5.78 Å². The molecule has 4 nitrogen and oxygen atoms in total. The number of H-pyrrole nitrogens is 1. The zero-order valence-corrected chi connectivity index (χ0v) is 14.7. The van der Waals surface area contributed by atoms with Gasteiger partial charge in [0.05, 0.1) is 12.7 Å². The topological polar surface area (TPSA) is 51.3 Å². The Labute approximate surface area is 148 Å². The Balaban J connectivity index is 2.03. The molecule has 5 heteroatoms. The van der Waals surface area contributed by atoms with Gasteiger partial charge in [0.15, 0.2) is 5.78 Å². The Kier molecular flexibility index (Phi) is 5.01. The number of nitrogens with one attached hydrogen (secondary N) is 1. The lowest BCUT2D eigenvalue weighted by atomic mass is 9.97. The first kappa shape index (κ1) is 16.3. The fraction of sp³-hybridized carbons (Fsp3) is 0.105. The number of aromatic amines is 1. The number of hydrogen-bond donors (Lipinski definition) is 1. The van der Waals surface area contributed by atoms with Crippen molar-refractivity contribution >= 4 is 21.7 Å². The van der Waals surface area contributed by atoms with Gasteiger partial charge in [0.1, 0.15) is 11.3 Å². The maximum atomic E-state index is 12.9. The van der Waals surface area contributed by atoms with E-state index in [2.05, 4.69) is 20.9 Å². The molecule has 1 N–H and O–H groups in total. The molecule has 24 heavy (non-hydrogen) atoms. The second-order valence-electron chi connectivity index (χ2n) is 5.08. The SMILES string of the molecule is COc1[nH]cc(-c2ccc(OCBr)cc2)c1C(=O)c1ccccc1. The number of alkyl halides is 1. The van der Waals surface area contributed by atoms with Gasteiger partial charge >= 0.3 is 0 Å². The molecule has 122 valence electrons. The molecule has 0 atom stereocenters. The molecule has 0 saturated heterocycles. The minimum Gasteiger partial charge on any atom is -0.482 e. The van der Waals surface area contributed by atoms with E-state index < -0.39 is 0 Å². The summed E-state index contributed by atoms with van der Waals surface area (Å²) in [5, 5.41) is 0. The van der Waals surface area contributed by atoms with Crippen molar-refractivity contribution in [1.82, 2.24) is 4.98 Å². The maximum absolute atomic E-state index is 12.9. The second kappa shape index (κ2) is 7.36. The van der Waals surface area contributed by atoms with Gasteiger partial charge in [-0.2, -0.15) is 0 Å². The number of rotatable bonds is 6. The van der Waals surface area contributed by atoms with E-state index in [1.165, 1.54) is 0 Å². The van der Waals surface area contributed by atoms with Crippen LogP contribution in [-0.2, 0) is 0 Å². The summed E-state index contributed by atoms with van der Waals surface area (Å²) in [6.07, 6.45) is 1.79. The lowest BCUT2D eigenvalue weighted by molar-refractivity contribution is 0.103. The van der Waals surface area contributed by atoms with Gasteiger partial charge in [0.2, 0.25) is 5.88 Å². The summed E-state index contributed by atoms with van der Waals surface area (Å²) in [4.78, 5) is 16.0. The lowest BCUT2D eigenvalue weighted by Gasteiger charge is -2.07. The Hall–Kier alpha value is -2.53. The number of halogens is 1. The summed E-state index contributed by atoms with van der Waals surface area (Å²) in [7, 11) is 1.55. The van der Waals surface area contributed by atoms with Gasteiger partial charge in [-0.15, -0.1) is 0 Å². The fourth-order valence-corrected chi connectivity index (χ4v) is 2.81. The predicted molar refractivity (Wildman–Crippen MR) is 97.1 cm³/mol. The number of hydrogen-bond acceptors (Lipinski definition) is 3. The average Bonchev–Trinajstić information content (AvgIpc) is 3.07. The number of ether oxygens (including phenoxy) is 2. The molecule has 0 spiro atoms. The minimum atomic E-state index is -0.0792. The van der Waals surface area contributed by atoms with Crippen molar-refractivity contribution in [3.63, 3.8) is 0 Å². The highest BCUT2D eigenvalue weighted by Gasteiger charge is 2.21. The molecule has 0 aliphatic heterocycles. The Morgan fingerprint density at radius 3 is 2.42 bits per heavy atom. The van der Waals surface area contributed by atoms with E-state index in [4.69, 9.17) is 9.47 Å². The average molecular weight is 386 g/mol. The summed E-state index contributed by atoms with van der Waals surface area (Å²) in [6.45, 7) is 0. The van der Waals surface area contributed by atoms with Gasteiger partial charge < -0.3 is 14.5 Å². The van der Waals surface area contributed by atoms with Gasteiger partial charge in [-0.25, -0.2) is 0 Å². The number of benzene rings is 2. The van der Waals surface area contributed by atoms with Crippen LogP contribution in [0.3, 0.4) is 0 Å². The summed E-state index contributed by atoms with van der Waals surface area (Å²) < 4.78 is 10.7. The van der Waals surface area contributed by atoms with Crippen LogP contribution in [0.4, 0.5) is 0 Å². The number of carbonyl (C=O) groups excluding carboxylic acids is 1. The first-order chi connectivity index (χ1) is 11.7. The summed E-state index contributed by atoms with van der Waals surface area (Å²) in [5.74, 6) is 1.14. The van der Waals surface area contributed by atoms with Crippen molar-refractivity contribution in [1.29, 1.82) is 0 Å². The number of ketones is 1. The first-order valence-corrected chi connectivity index (χ1v) is 8.51. The van der Waals surface area contributed by atoms with Gasteiger partial charge in [-0.05, 0) is 33.6 Å². The van der Waals surface area contributed by atoms with Crippen molar-refractivity contribution in [2.45, 2.75) is 0 Å². The van der Waals surface area contributed by atoms with Crippen LogP contribution in [0.2, 0.25) is 0 Å². The van der Waals surface area contributed by atoms with E-state index in [1.807, 2.05) is 42.5 Å². The van der Waals surface area contributed by atoms with E-state index in [0.717, 1.165) is 16.9 Å². The summed E-state index contributed by atoms with van der Waals surface area (Å²) in [5.41, 5.74) is 3.29. The molecule has 0 fully saturated rings. The van der Waals surface area contributed by atoms with E-state index >= 15 is 0 Å².